The number of carboxylic acid groups (broad SMARTS) is 1. The fourth-order valence-electron chi connectivity index (χ4n) is 4.23. The molecule has 36 heavy (non-hydrogen) atoms. The van der Waals surface area contributed by atoms with E-state index in [1.165, 1.54) is 17.8 Å². The summed E-state index contributed by atoms with van der Waals surface area (Å²) in [6.45, 7) is 1.70. The molecule has 7 nitrogen and oxygen atoms in total. The Hall–Kier alpha value is -2.60. The average molecular weight is 624 g/mol. The van der Waals surface area contributed by atoms with Crippen LogP contribution in [0.5, 0.6) is 11.5 Å². The zero-order chi connectivity index (χ0) is 25.7. The van der Waals surface area contributed by atoms with Gasteiger partial charge in [0.1, 0.15) is 11.5 Å². The van der Waals surface area contributed by atoms with Crippen molar-refractivity contribution in [3.8, 4) is 11.5 Å². The number of halogens is 2. The zero-order valence-electron chi connectivity index (χ0n) is 19.7. The van der Waals surface area contributed by atoms with E-state index < -0.39 is 18.4 Å². The number of aliphatic carboxylic acids is 1. The summed E-state index contributed by atoms with van der Waals surface area (Å²) in [4.78, 5) is 31.3. The number of amidine groups is 1. The Morgan fingerprint density at radius 1 is 1.25 bits per heavy atom. The molecule has 0 spiro atoms. The second-order valence-corrected chi connectivity index (χ2v) is 10.5. The molecule has 1 saturated heterocycles. The van der Waals surface area contributed by atoms with Gasteiger partial charge in [0.25, 0.3) is 5.91 Å². The van der Waals surface area contributed by atoms with E-state index in [0.717, 1.165) is 32.1 Å². The number of amides is 1. The molecule has 0 aromatic heterocycles. The molecule has 1 aliphatic carbocycles. The van der Waals surface area contributed by atoms with E-state index in [2.05, 4.69) is 27.6 Å². The molecule has 2 aromatic rings. The van der Waals surface area contributed by atoms with Gasteiger partial charge in [-0.2, -0.15) is 0 Å². The van der Waals surface area contributed by atoms with Crippen molar-refractivity contribution in [2.24, 2.45) is 4.99 Å². The second-order valence-electron chi connectivity index (χ2n) is 8.37. The third-order valence-electron chi connectivity index (χ3n) is 5.81. The molecule has 1 aliphatic heterocycles. The van der Waals surface area contributed by atoms with Gasteiger partial charge in [0, 0.05) is 6.04 Å². The van der Waals surface area contributed by atoms with Crippen LogP contribution in [0.2, 0.25) is 0 Å². The van der Waals surface area contributed by atoms with Gasteiger partial charge in [-0.1, -0.05) is 31.4 Å². The van der Waals surface area contributed by atoms with Crippen molar-refractivity contribution in [3.63, 3.8) is 0 Å². The Morgan fingerprint density at radius 2 is 2.00 bits per heavy atom. The SMILES string of the molecule is CCOc1cc(/C=C2\SC(=Nc3ccccc3F)N(C3CCCCC3)C2=O)cc(I)c1OCC(=O)O. The van der Waals surface area contributed by atoms with Gasteiger partial charge >= 0.3 is 5.97 Å². The summed E-state index contributed by atoms with van der Waals surface area (Å²) in [6.07, 6.45) is 6.76. The lowest BCUT2D eigenvalue weighted by atomic mass is 9.94. The third kappa shape index (κ3) is 6.20. The normalized spacial score (nSPS) is 18.8. The van der Waals surface area contributed by atoms with Gasteiger partial charge in [0.05, 0.1) is 15.1 Å². The van der Waals surface area contributed by atoms with E-state index in [1.807, 2.05) is 6.92 Å². The minimum atomic E-state index is -1.09. The first kappa shape index (κ1) is 26.5. The number of ether oxygens (including phenoxy) is 2. The molecule has 0 bridgehead atoms. The smallest absolute Gasteiger partial charge is 0.341 e. The molecular weight excluding hydrogens is 598 g/mol. The number of carbonyl (C=O) groups excluding carboxylic acids is 1. The average Bonchev–Trinajstić information content (AvgIpc) is 3.15. The highest BCUT2D eigenvalue weighted by Gasteiger charge is 2.39. The summed E-state index contributed by atoms with van der Waals surface area (Å²) < 4.78 is 26.1. The fraction of sp³-hybridized carbons (Fsp3) is 0.346. The molecule has 2 aliphatic rings. The first-order valence-corrected chi connectivity index (χ1v) is 13.6. The molecule has 0 unspecified atom stereocenters. The van der Waals surface area contributed by atoms with Crippen molar-refractivity contribution in [2.45, 2.75) is 45.1 Å². The summed E-state index contributed by atoms with van der Waals surface area (Å²) in [7, 11) is 0. The van der Waals surface area contributed by atoms with E-state index in [0.29, 0.717) is 37.3 Å². The molecular formula is C26H26FIN2O5S. The molecule has 1 amide bonds. The van der Waals surface area contributed by atoms with Gasteiger partial charge in [-0.3, -0.25) is 9.69 Å². The van der Waals surface area contributed by atoms with Crippen LogP contribution >= 0.6 is 34.4 Å². The fourth-order valence-corrected chi connectivity index (χ4v) is 6.06. The maximum atomic E-state index is 14.4. The predicted molar refractivity (Wildman–Crippen MR) is 146 cm³/mol. The van der Waals surface area contributed by atoms with Gasteiger partial charge in [0.2, 0.25) is 0 Å². The first-order valence-electron chi connectivity index (χ1n) is 11.7. The van der Waals surface area contributed by atoms with Crippen LogP contribution in [0.1, 0.15) is 44.6 Å². The largest absolute Gasteiger partial charge is 0.490 e. The van der Waals surface area contributed by atoms with Crippen molar-refractivity contribution in [2.75, 3.05) is 13.2 Å². The van der Waals surface area contributed by atoms with Crippen molar-refractivity contribution in [3.05, 3.63) is 56.3 Å². The highest BCUT2D eigenvalue weighted by Crippen LogP contribution is 2.40. The van der Waals surface area contributed by atoms with Crippen molar-refractivity contribution >= 4 is 63.2 Å². The molecule has 190 valence electrons. The van der Waals surface area contributed by atoms with Crippen LogP contribution in [0.4, 0.5) is 10.1 Å². The lowest BCUT2D eigenvalue weighted by Crippen LogP contribution is -2.40. The standard InChI is InChI=1S/C26H26FIN2O5S/c1-2-34-21-13-16(12-19(28)24(21)35-15-23(31)32)14-22-25(33)30(17-8-4-3-5-9-17)26(36-22)29-20-11-7-6-10-18(20)27/h6-7,10-14,17H,2-5,8-9,15H2,1H3,(H,31,32)/b22-14-,29-26?. The van der Waals surface area contributed by atoms with E-state index in [1.54, 1.807) is 41.3 Å². The van der Waals surface area contributed by atoms with Crippen molar-refractivity contribution in [1.29, 1.82) is 0 Å². The molecule has 2 fully saturated rings. The maximum Gasteiger partial charge on any atom is 0.341 e. The number of carboxylic acids is 1. The predicted octanol–water partition coefficient (Wildman–Crippen LogP) is 6.23. The third-order valence-corrected chi connectivity index (χ3v) is 7.60. The highest BCUT2D eigenvalue weighted by molar-refractivity contribution is 14.1. The van der Waals surface area contributed by atoms with Crippen LogP contribution < -0.4 is 9.47 Å². The molecule has 0 atom stereocenters. The Kier molecular flexibility index (Phi) is 8.89. The van der Waals surface area contributed by atoms with Gasteiger partial charge in [-0.15, -0.1) is 0 Å². The topological polar surface area (TPSA) is 88.4 Å². The molecule has 1 saturated carbocycles. The number of hydrogen-bond acceptors (Lipinski definition) is 6. The number of nitrogens with zero attached hydrogens (tertiary/aromatic N) is 2. The minimum Gasteiger partial charge on any atom is -0.490 e. The van der Waals surface area contributed by atoms with Crippen LogP contribution in [0.25, 0.3) is 6.08 Å². The van der Waals surface area contributed by atoms with Crippen LogP contribution in [0.15, 0.2) is 46.3 Å². The quantitative estimate of drug-likeness (QED) is 0.277. The van der Waals surface area contributed by atoms with Crippen molar-refractivity contribution in [1.82, 2.24) is 4.90 Å². The number of para-hydroxylation sites is 1. The van der Waals surface area contributed by atoms with Gasteiger partial charge in [-0.25, -0.2) is 14.2 Å². The van der Waals surface area contributed by atoms with Gasteiger partial charge in [-0.05, 0) is 90.0 Å². The number of thioether (sulfide) groups is 1. The summed E-state index contributed by atoms with van der Waals surface area (Å²) in [5.74, 6) is -0.930. The first-order chi connectivity index (χ1) is 17.4. The Bertz CT molecular complexity index is 1210. The Labute approximate surface area is 226 Å². The number of hydrogen-bond donors (Lipinski definition) is 1. The van der Waals surface area contributed by atoms with E-state index >= 15 is 0 Å². The summed E-state index contributed by atoms with van der Waals surface area (Å²) in [5, 5.41) is 9.46. The lowest BCUT2D eigenvalue weighted by Gasteiger charge is -2.30. The van der Waals surface area contributed by atoms with E-state index in [4.69, 9.17) is 14.6 Å². The van der Waals surface area contributed by atoms with Gasteiger partial charge in [0.15, 0.2) is 23.3 Å². The zero-order valence-corrected chi connectivity index (χ0v) is 22.7. The van der Waals surface area contributed by atoms with E-state index in [-0.39, 0.29) is 17.6 Å². The highest BCUT2D eigenvalue weighted by atomic mass is 127. The van der Waals surface area contributed by atoms with Crippen LogP contribution in [-0.4, -0.2) is 46.3 Å². The van der Waals surface area contributed by atoms with Crippen LogP contribution in [0.3, 0.4) is 0 Å². The second kappa shape index (κ2) is 12.1. The molecule has 1 N–H and O–H groups in total. The molecule has 4 rings (SSSR count). The minimum absolute atomic E-state index is 0.0288. The van der Waals surface area contributed by atoms with E-state index in [9.17, 15) is 14.0 Å². The summed E-state index contributed by atoms with van der Waals surface area (Å²) in [6, 6.07) is 9.84. The summed E-state index contributed by atoms with van der Waals surface area (Å²) in [5.41, 5.74) is 0.903. The van der Waals surface area contributed by atoms with Gasteiger partial charge < -0.3 is 14.6 Å². The lowest BCUT2D eigenvalue weighted by molar-refractivity contribution is -0.139. The number of carbonyl (C=O) groups is 2. The van der Waals surface area contributed by atoms with Crippen molar-refractivity contribution < 1.29 is 28.6 Å². The number of benzene rings is 2. The maximum absolute atomic E-state index is 14.4. The molecule has 10 heteroatoms. The molecule has 1 heterocycles. The monoisotopic (exact) mass is 624 g/mol. The summed E-state index contributed by atoms with van der Waals surface area (Å²) >= 11 is 3.29. The molecule has 2 aromatic carbocycles. The Balaban J connectivity index is 1.70. The van der Waals surface area contributed by atoms with Crippen LogP contribution in [0, 0.1) is 9.39 Å². The number of aliphatic imine (C=N–C) groups is 1. The number of rotatable bonds is 8. The van der Waals surface area contributed by atoms with Crippen LogP contribution in [-0.2, 0) is 9.59 Å². The Morgan fingerprint density at radius 3 is 2.69 bits per heavy atom. The molecule has 0 radical (unpaired) electrons.